The van der Waals surface area contributed by atoms with Crippen molar-refractivity contribution in [1.82, 2.24) is 9.78 Å². The third-order valence-corrected chi connectivity index (χ3v) is 5.14. The SMILES string of the molecule is Cc1nn(C2CCS(=O)(=O)C2)c(C)c1CCO. The van der Waals surface area contributed by atoms with E-state index in [0.717, 1.165) is 17.0 Å². The Morgan fingerprint density at radius 2 is 2.18 bits per heavy atom. The minimum Gasteiger partial charge on any atom is -0.396 e. The van der Waals surface area contributed by atoms with Crippen LogP contribution in [0, 0.1) is 13.8 Å². The molecule has 1 aliphatic rings. The average molecular weight is 258 g/mol. The van der Waals surface area contributed by atoms with E-state index in [9.17, 15) is 8.42 Å². The number of rotatable bonds is 3. The molecule has 5 nitrogen and oxygen atoms in total. The summed E-state index contributed by atoms with van der Waals surface area (Å²) in [5.74, 6) is 0.443. The van der Waals surface area contributed by atoms with Gasteiger partial charge >= 0.3 is 0 Å². The largest absolute Gasteiger partial charge is 0.396 e. The van der Waals surface area contributed by atoms with Gasteiger partial charge in [0.25, 0.3) is 0 Å². The van der Waals surface area contributed by atoms with E-state index in [0.29, 0.717) is 12.8 Å². The van der Waals surface area contributed by atoms with E-state index in [1.165, 1.54) is 0 Å². The minimum atomic E-state index is -2.89. The third-order valence-electron chi connectivity index (χ3n) is 3.39. The molecule has 0 bridgehead atoms. The van der Waals surface area contributed by atoms with Crippen LogP contribution in [0.5, 0.6) is 0 Å². The highest BCUT2D eigenvalue weighted by Crippen LogP contribution is 2.26. The molecule has 17 heavy (non-hydrogen) atoms. The van der Waals surface area contributed by atoms with Gasteiger partial charge in [0.1, 0.15) is 0 Å². The van der Waals surface area contributed by atoms with Crippen molar-refractivity contribution in [3.05, 3.63) is 17.0 Å². The van der Waals surface area contributed by atoms with Crippen LogP contribution in [0.2, 0.25) is 0 Å². The number of sulfone groups is 1. The van der Waals surface area contributed by atoms with Crippen LogP contribution in [-0.2, 0) is 16.3 Å². The first kappa shape index (κ1) is 12.6. The zero-order valence-electron chi connectivity index (χ0n) is 10.2. The third kappa shape index (κ3) is 2.37. The number of aryl methyl sites for hydroxylation is 1. The van der Waals surface area contributed by atoms with E-state index in [2.05, 4.69) is 5.10 Å². The number of hydrogen-bond donors (Lipinski definition) is 1. The van der Waals surface area contributed by atoms with Crippen LogP contribution in [0.3, 0.4) is 0 Å². The van der Waals surface area contributed by atoms with E-state index in [1.807, 2.05) is 18.5 Å². The van der Waals surface area contributed by atoms with Gasteiger partial charge in [-0.2, -0.15) is 5.10 Å². The summed E-state index contributed by atoms with van der Waals surface area (Å²) < 4.78 is 24.7. The van der Waals surface area contributed by atoms with Crippen LogP contribution < -0.4 is 0 Å². The second-order valence-electron chi connectivity index (χ2n) is 4.62. The van der Waals surface area contributed by atoms with E-state index >= 15 is 0 Å². The molecule has 0 amide bonds. The Kier molecular flexibility index (Phi) is 3.27. The van der Waals surface area contributed by atoms with Crippen LogP contribution in [0.4, 0.5) is 0 Å². The summed E-state index contributed by atoms with van der Waals surface area (Å²) in [5, 5.41) is 13.4. The molecule has 0 saturated carbocycles. The molecule has 1 N–H and O–H groups in total. The molecule has 0 spiro atoms. The summed E-state index contributed by atoms with van der Waals surface area (Å²) in [6, 6.07) is -0.0360. The number of aliphatic hydroxyl groups excluding tert-OH is 1. The first-order valence-electron chi connectivity index (χ1n) is 5.80. The Bertz CT molecular complexity index is 519. The van der Waals surface area contributed by atoms with Crippen LogP contribution in [0.15, 0.2) is 0 Å². The second-order valence-corrected chi connectivity index (χ2v) is 6.85. The fourth-order valence-electron chi connectivity index (χ4n) is 2.49. The second kappa shape index (κ2) is 4.42. The highest BCUT2D eigenvalue weighted by molar-refractivity contribution is 7.91. The van der Waals surface area contributed by atoms with Crippen molar-refractivity contribution < 1.29 is 13.5 Å². The number of hydrogen-bond acceptors (Lipinski definition) is 4. The van der Waals surface area contributed by atoms with Gasteiger partial charge in [0.2, 0.25) is 0 Å². The Hall–Kier alpha value is -0.880. The predicted octanol–water partition coefficient (Wildman–Crippen LogP) is 0.394. The lowest BCUT2D eigenvalue weighted by molar-refractivity contribution is 0.299. The first-order chi connectivity index (χ1) is 7.94. The maximum absolute atomic E-state index is 11.5. The van der Waals surface area contributed by atoms with Gasteiger partial charge in [0.05, 0.1) is 23.2 Å². The monoisotopic (exact) mass is 258 g/mol. The molecule has 2 heterocycles. The quantitative estimate of drug-likeness (QED) is 0.851. The molecule has 1 unspecified atom stereocenters. The van der Waals surface area contributed by atoms with Crippen LogP contribution in [0.1, 0.15) is 29.4 Å². The lowest BCUT2D eigenvalue weighted by atomic mass is 10.1. The fourth-order valence-corrected chi connectivity index (χ4v) is 4.19. The lowest BCUT2D eigenvalue weighted by Gasteiger charge is -2.11. The van der Waals surface area contributed by atoms with E-state index < -0.39 is 9.84 Å². The molecule has 0 radical (unpaired) electrons. The Morgan fingerprint density at radius 1 is 1.47 bits per heavy atom. The highest BCUT2D eigenvalue weighted by Gasteiger charge is 2.31. The summed E-state index contributed by atoms with van der Waals surface area (Å²) >= 11 is 0. The maximum Gasteiger partial charge on any atom is 0.152 e. The van der Waals surface area contributed by atoms with Crippen LogP contribution in [-0.4, -0.2) is 41.4 Å². The normalized spacial score (nSPS) is 23.1. The summed E-state index contributed by atoms with van der Waals surface area (Å²) in [7, 11) is -2.89. The Balaban J connectivity index is 2.31. The van der Waals surface area contributed by atoms with Crippen molar-refractivity contribution in [3.63, 3.8) is 0 Å². The van der Waals surface area contributed by atoms with Gasteiger partial charge in [-0.1, -0.05) is 0 Å². The van der Waals surface area contributed by atoms with Crippen molar-refractivity contribution in [1.29, 1.82) is 0 Å². The van der Waals surface area contributed by atoms with Crippen molar-refractivity contribution in [2.75, 3.05) is 18.1 Å². The van der Waals surface area contributed by atoms with Gasteiger partial charge in [0, 0.05) is 12.3 Å². The van der Waals surface area contributed by atoms with Crippen molar-refractivity contribution in [3.8, 4) is 0 Å². The summed E-state index contributed by atoms with van der Waals surface area (Å²) in [4.78, 5) is 0. The molecule has 96 valence electrons. The molecule has 1 atom stereocenters. The van der Waals surface area contributed by atoms with E-state index in [1.54, 1.807) is 0 Å². The molecule has 1 fully saturated rings. The Morgan fingerprint density at radius 3 is 2.71 bits per heavy atom. The standard InChI is InChI=1S/C11H18N2O3S/c1-8-11(3-5-14)9(2)13(12-8)10-4-6-17(15,16)7-10/h10,14H,3-7H2,1-2H3. The molecule has 1 aromatic heterocycles. The molecular weight excluding hydrogens is 240 g/mol. The zero-order chi connectivity index (χ0) is 12.6. The lowest BCUT2D eigenvalue weighted by Crippen LogP contribution is -2.14. The van der Waals surface area contributed by atoms with Gasteiger partial charge in [-0.05, 0) is 32.3 Å². The molecule has 2 rings (SSSR count). The van der Waals surface area contributed by atoms with Gasteiger partial charge < -0.3 is 5.11 Å². The molecule has 1 saturated heterocycles. The van der Waals surface area contributed by atoms with Gasteiger partial charge in [-0.15, -0.1) is 0 Å². The van der Waals surface area contributed by atoms with Crippen LogP contribution >= 0.6 is 0 Å². The number of aromatic nitrogens is 2. The van der Waals surface area contributed by atoms with Crippen LogP contribution in [0.25, 0.3) is 0 Å². The van der Waals surface area contributed by atoms with Crippen molar-refractivity contribution >= 4 is 9.84 Å². The van der Waals surface area contributed by atoms with Crippen molar-refractivity contribution in [2.45, 2.75) is 32.7 Å². The molecular formula is C11H18N2O3S. The molecule has 0 aromatic carbocycles. The number of aliphatic hydroxyl groups is 1. The molecule has 1 aromatic rings. The smallest absolute Gasteiger partial charge is 0.152 e. The van der Waals surface area contributed by atoms with E-state index in [-0.39, 0.29) is 24.2 Å². The molecule has 0 aliphatic carbocycles. The summed E-state index contributed by atoms with van der Waals surface area (Å²) in [5.41, 5.74) is 2.91. The van der Waals surface area contributed by atoms with Gasteiger partial charge in [-0.3, -0.25) is 4.68 Å². The molecule has 1 aliphatic heterocycles. The summed E-state index contributed by atoms with van der Waals surface area (Å²) in [6.45, 7) is 3.93. The topological polar surface area (TPSA) is 72.2 Å². The summed E-state index contributed by atoms with van der Waals surface area (Å²) in [6.07, 6.45) is 1.22. The average Bonchev–Trinajstić information content (AvgIpc) is 2.73. The first-order valence-corrected chi connectivity index (χ1v) is 7.62. The number of nitrogens with zero attached hydrogens (tertiary/aromatic N) is 2. The minimum absolute atomic E-state index is 0.0360. The maximum atomic E-state index is 11.5. The predicted molar refractivity (Wildman–Crippen MR) is 64.8 cm³/mol. The van der Waals surface area contributed by atoms with Gasteiger partial charge in [0.15, 0.2) is 9.84 Å². The zero-order valence-corrected chi connectivity index (χ0v) is 11.0. The highest BCUT2D eigenvalue weighted by atomic mass is 32.2. The van der Waals surface area contributed by atoms with Crippen molar-refractivity contribution in [2.24, 2.45) is 0 Å². The van der Waals surface area contributed by atoms with Gasteiger partial charge in [-0.25, -0.2) is 8.42 Å². The molecule has 6 heteroatoms. The fraction of sp³-hybridized carbons (Fsp3) is 0.727. The Labute approximate surface area is 101 Å². The van der Waals surface area contributed by atoms with E-state index in [4.69, 9.17) is 5.11 Å².